The summed E-state index contributed by atoms with van der Waals surface area (Å²) in [6.45, 7) is 5.46. The number of hydrogen-bond donors (Lipinski definition) is 0. The molecule has 0 aromatic carbocycles. The van der Waals surface area contributed by atoms with Gasteiger partial charge in [0.05, 0.1) is 6.61 Å². The first-order valence-corrected chi connectivity index (χ1v) is 9.24. The molecule has 0 bridgehead atoms. The highest BCUT2D eigenvalue weighted by Crippen LogP contribution is 2.62. The highest BCUT2D eigenvalue weighted by atomic mass is 16.5. The lowest BCUT2D eigenvalue weighted by Gasteiger charge is -2.58. The second kappa shape index (κ2) is 5.05. The van der Waals surface area contributed by atoms with Crippen LogP contribution in [-0.4, -0.2) is 42.9 Å². The summed E-state index contributed by atoms with van der Waals surface area (Å²) in [7, 11) is 1.95. The Bertz CT molecular complexity index is 547. The van der Waals surface area contributed by atoms with Gasteiger partial charge in [-0.2, -0.15) is 0 Å². The van der Waals surface area contributed by atoms with Crippen molar-refractivity contribution in [3.05, 3.63) is 0 Å². The average Bonchev–Trinajstić information content (AvgIpc) is 2.76. The number of rotatable bonds is 0. The molecular weight excluding hydrogens is 290 g/mol. The first-order valence-electron chi connectivity index (χ1n) is 9.24. The third-order valence-corrected chi connectivity index (χ3v) is 8.03. The standard InChI is InChI=1S/C19H29NO3/c1-18-9-8-14-12(13(18)5-7-16(18)21)4-6-15-19(14,2)11-23-10-17(22)20(15)3/h12-15H,4-11H2,1-3H3/t12-,13-,14-,15?,18-,19+/m0/s1. The van der Waals surface area contributed by atoms with E-state index >= 15 is 0 Å². The molecule has 0 radical (unpaired) electrons. The molecular formula is C19H29NO3. The van der Waals surface area contributed by atoms with Crippen LogP contribution in [0.4, 0.5) is 0 Å². The Labute approximate surface area is 138 Å². The molecule has 4 rings (SSSR count). The number of ketones is 1. The fourth-order valence-electron chi connectivity index (χ4n) is 6.68. The van der Waals surface area contributed by atoms with E-state index in [1.807, 2.05) is 11.9 Å². The molecule has 4 fully saturated rings. The van der Waals surface area contributed by atoms with Gasteiger partial charge in [-0.25, -0.2) is 0 Å². The summed E-state index contributed by atoms with van der Waals surface area (Å²) < 4.78 is 5.80. The van der Waals surface area contributed by atoms with Crippen LogP contribution in [0.15, 0.2) is 0 Å². The SMILES string of the molecule is CN1C(=O)COC[C@@]2(C)C1CC[C@@H]1[C@@H]2CC[C@]2(C)C(=O)CC[C@@H]12. The van der Waals surface area contributed by atoms with Gasteiger partial charge < -0.3 is 9.64 Å². The van der Waals surface area contributed by atoms with Crippen molar-refractivity contribution in [1.29, 1.82) is 0 Å². The third-order valence-electron chi connectivity index (χ3n) is 8.03. The van der Waals surface area contributed by atoms with Crippen molar-refractivity contribution in [3.63, 3.8) is 0 Å². The quantitative estimate of drug-likeness (QED) is 0.689. The second-order valence-electron chi connectivity index (χ2n) is 8.89. The van der Waals surface area contributed by atoms with Crippen molar-refractivity contribution in [2.45, 2.75) is 58.4 Å². The van der Waals surface area contributed by atoms with Gasteiger partial charge in [-0.1, -0.05) is 13.8 Å². The molecule has 3 saturated carbocycles. The Morgan fingerprint density at radius 1 is 1.09 bits per heavy atom. The van der Waals surface area contributed by atoms with Crippen molar-refractivity contribution in [2.24, 2.45) is 28.6 Å². The van der Waals surface area contributed by atoms with Crippen LogP contribution >= 0.6 is 0 Å². The lowest BCUT2D eigenvalue weighted by Crippen LogP contribution is -2.59. The van der Waals surface area contributed by atoms with Gasteiger partial charge in [0.15, 0.2) is 0 Å². The first kappa shape index (κ1) is 15.6. The second-order valence-corrected chi connectivity index (χ2v) is 8.89. The van der Waals surface area contributed by atoms with Crippen molar-refractivity contribution >= 4 is 11.7 Å². The molecule has 128 valence electrons. The fraction of sp³-hybridized carbons (Fsp3) is 0.895. The van der Waals surface area contributed by atoms with Crippen molar-refractivity contribution in [3.8, 4) is 0 Å². The fourth-order valence-corrected chi connectivity index (χ4v) is 6.68. The highest BCUT2D eigenvalue weighted by Gasteiger charge is 2.60. The summed E-state index contributed by atoms with van der Waals surface area (Å²) in [6.07, 6.45) is 6.21. The summed E-state index contributed by atoms with van der Waals surface area (Å²) >= 11 is 0. The number of amides is 1. The van der Waals surface area contributed by atoms with E-state index in [9.17, 15) is 9.59 Å². The van der Waals surface area contributed by atoms with E-state index in [0.29, 0.717) is 36.2 Å². The normalized spacial score (nSPS) is 50.1. The number of hydrogen-bond acceptors (Lipinski definition) is 3. The van der Waals surface area contributed by atoms with E-state index in [1.54, 1.807) is 0 Å². The van der Waals surface area contributed by atoms with Crippen LogP contribution in [0.1, 0.15) is 52.4 Å². The number of nitrogens with zero attached hydrogens (tertiary/aromatic N) is 1. The molecule has 1 amide bonds. The summed E-state index contributed by atoms with van der Waals surface area (Å²) in [5.74, 6) is 2.38. The van der Waals surface area contributed by atoms with E-state index in [2.05, 4.69) is 13.8 Å². The van der Waals surface area contributed by atoms with Crippen molar-refractivity contribution in [1.82, 2.24) is 4.90 Å². The van der Waals surface area contributed by atoms with Gasteiger partial charge in [0, 0.05) is 30.3 Å². The van der Waals surface area contributed by atoms with E-state index in [1.165, 1.54) is 0 Å². The van der Waals surface area contributed by atoms with Gasteiger partial charge in [-0.3, -0.25) is 9.59 Å². The molecule has 1 saturated heterocycles. The van der Waals surface area contributed by atoms with Gasteiger partial charge in [0.25, 0.3) is 0 Å². The van der Waals surface area contributed by atoms with E-state index < -0.39 is 0 Å². The summed E-state index contributed by atoms with van der Waals surface area (Å²) in [5, 5.41) is 0. The van der Waals surface area contributed by atoms with Gasteiger partial charge in [-0.05, 0) is 49.9 Å². The molecule has 1 unspecified atom stereocenters. The Hall–Kier alpha value is -0.900. The van der Waals surface area contributed by atoms with Crippen molar-refractivity contribution < 1.29 is 14.3 Å². The van der Waals surface area contributed by atoms with Crippen LogP contribution in [0.25, 0.3) is 0 Å². The number of carbonyl (C=O) groups excluding carboxylic acids is 2. The summed E-state index contributed by atoms with van der Waals surface area (Å²) in [5.41, 5.74) is -0.0333. The number of likely N-dealkylation sites (N-methyl/N-ethyl adjacent to an activating group) is 1. The molecule has 0 N–H and O–H groups in total. The minimum Gasteiger partial charge on any atom is -0.371 e. The predicted octanol–water partition coefficient (Wildman–Crippen LogP) is 2.66. The van der Waals surface area contributed by atoms with Crippen LogP contribution in [0.3, 0.4) is 0 Å². The number of fused-ring (bicyclic) bond motifs is 5. The summed E-state index contributed by atoms with van der Waals surface area (Å²) in [4.78, 5) is 26.6. The zero-order valence-electron chi connectivity index (χ0n) is 14.6. The Balaban J connectivity index is 1.68. The molecule has 0 aromatic rings. The van der Waals surface area contributed by atoms with Crippen LogP contribution in [-0.2, 0) is 14.3 Å². The molecule has 3 aliphatic carbocycles. The molecule has 4 heteroatoms. The molecule has 23 heavy (non-hydrogen) atoms. The van der Waals surface area contributed by atoms with Gasteiger partial charge in [0.2, 0.25) is 5.91 Å². The van der Waals surface area contributed by atoms with Gasteiger partial charge >= 0.3 is 0 Å². The lowest BCUT2D eigenvalue weighted by atomic mass is 9.49. The van der Waals surface area contributed by atoms with E-state index in [-0.39, 0.29) is 23.3 Å². The summed E-state index contributed by atoms with van der Waals surface area (Å²) in [6, 6.07) is 0.292. The molecule has 4 nitrogen and oxygen atoms in total. The Morgan fingerprint density at radius 2 is 1.87 bits per heavy atom. The number of ether oxygens (including phenoxy) is 1. The zero-order valence-corrected chi connectivity index (χ0v) is 14.6. The smallest absolute Gasteiger partial charge is 0.248 e. The molecule has 0 spiro atoms. The van der Waals surface area contributed by atoms with Crippen LogP contribution in [0, 0.1) is 28.6 Å². The molecule has 4 aliphatic rings. The van der Waals surface area contributed by atoms with E-state index in [0.717, 1.165) is 38.5 Å². The minimum absolute atomic E-state index is 0.0385. The maximum Gasteiger partial charge on any atom is 0.248 e. The highest BCUT2D eigenvalue weighted by molar-refractivity contribution is 5.87. The van der Waals surface area contributed by atoms with Crippen LogP contribution in [0.5, 0.6) is 0 Å². The molecule has 1 aliphatic heterocycles. The third kappa shape index (κ3) is 2.00. The minimum atomic E-state index is -0.0718. The molecule has 0 aromatic heterocycles. The maximum atomic E-state index is 12.4. The predicted molar refractivity (Wildman–Crippen MR) is 86.8 cm³/mol. The van der Waals surface area contributed by atoms with E-state index in [4.69, 9.17) is 4.74 Å². The first-order chi connectivity index (χ1) is 10.9. The maximum absolute atomic E-state index is 12.4. The van der Waals surface area contributed by atoms with Crippen molar-refractivity contribution in [2.75, 3.05) is 20.3 Å². The van der Waals surface area contributed by atoms with Crippen LogP contribution in [0.2, 0.25) is 0 Å². The molecule has 1 heterocycles. The largest absolute Gasteiger partial charge is 0.371 e. The zero-order chi connectivity index (χ0) is 16.4. The monoisotopic (exact) mass is 319 g/mol. The Kier molecular flexibility index (Phi) is 3.43. The average molecular weight is 319 g/mol. The number of carbonyl (C=O) groups is 2. The van der Waals surface area contributed by atoms with Crippen LogP contribution < -0.4 is 0 Å². The molecule has 6 atom stereocenters. The topological polar surface area (TPSA) is 46.6 Å². The lowest BCUT2D eigenvalue weighted by molar-refractivity contribution is -0.142. The Morgan fingerprint density at radius 3 is 2.65 bits per heavy atom. The van der Waals surface area contributed by atoms with Gasteiger partial charge in [-0.15, -0.1) is 0 Å². The number of Topliss-reactive ketones (excluding diaryl/α,β-unsaturated/α-hetero) is 1. The van der Waals surface area contributed by atoms with Gasteiger partial charge in [0.1, 0.15) is 12.4 Å².